The molecule has 2 heterocycles. The van der Waals surface area contributed by atoms with Gasteiger partial charge in [0.1, 0.15) is 12.3 Å². The van der Waals surface area contributed by atoms with Crippen molar-refractivity contribution in [3.63, 3.8) is 0 Å². The highest BCUT2D eigenvalue weighted by Gasteiger charge is 2.33. The molecule has 0 aliphatic carbocycles. The fraction of sp³-hybridized carbons (Fsp3) is 0.643. The highest BCUT2D eigenvalue weighted by Crippen LogP contribution is 2.25. The molecule has 0 amide bonds. The normalized spacial score (nSPS) is 18.4. The van der Waals surface area contributed by atoms with Crippen molar-refractivity contribution < 1.29 is 23.5 Å². The smallest absolute Gasteiger partial charge is 0.360 e. The standard InChI is InChI=1S/C14H20N2O5/c1-3-19-12(17)10-9-21-14(15-10)16-8-6-5-7-11(16)13(18)20-4-2/h9,11H,3-8H2,1-2H3. The third-order valence-electron chi connectivity index (χ3n) is 3.28. The van der Waals surface area contributed by atoms with Gasteiger partial charge in [-0.05, 0) is 33.1 Å². The van der Waals surface area contributed by atoms with Crippen LogP contribution >= 0.6 is 0 Å². The molecule has 1 atom stereocenters. The summed E-state index contributed by atoms with van der Waals surface area (Å²) in [6, 6.07) is -0.150. The topological polar surface area (TPSA) is 81.9 Å². The van der Waals surface area contributed by atoms with Crippen LogP contribution in [0.5, 0.6) is 0 Å². The van der Waals surface area contributed by atoms with E-state index in [1.54, 1.807) is 18.7 Å². The largest absolute Gasteiger partial charge is 0.464 e. The number of ether oxygens (including phenoxy) is 2. The van der Waals surface area contributed by atoms with Crippen LogP contribution in [-0.4, -0.2) is 42.7 Å². The predicted octanol–water partition coefficient (Wildman–Crippen LogP) is 1.77. The fourth-order valence-corrected chi connectivity index (χ4v) is 2.34. The van der Waals surface area contributed by atoms with Crippen molar-refractivity contribution in [3.8, 4) is 0 Å². The van der Waals surface area contributed by atoms with Gasteiger partial charge < -0.3 is 18.8 Å². The molecule has 1 fully saturated rings. The minimum Gasteiger partial charge on any atom is -0.464 e. The minimum absolute atomic E-state index is 0.111. The third-order valence-corrected chi connectivity index (χ3v) is 3.28. The zero-order chi connectivity index (χ0) is 15.2. The van der Waals surface area contributed by atoms with E-state index in [4.69, 9.17) is 13.9 Å². The summed E-state index contributed by atoms with van der Waals surface area (Å²) >= 11 is 0. The molecule has 1 aromatic heterocycles. The molecule has 116 valence electrons. The monoisotopic (exact) mass is 296 g/mol. The van der Waals surface area contributed by atoms with E-state index >= 15 is 0 Å². The molecule has 0 bridgehead atoms. The van der Waals surface area contributed by atoms with E-state index in [0.717, 1.165) is 12.8 Å². The summed E-state index contributed by atoms with van der Waals surface area (Å²) < 4.78 is 15.3. The quantitative estimate of drug-likeness (QED) is 0.766. The molecule has 7 nitrogen and oxygen atoms in total. The van der Waals surface area contributed by atoms with Crippen LogP contribution in [0, 0.1) is 0 Å². The Morgan fingerprint density at radius 1 is 1.33 bits per heavy atom. The van der Waals surface area contributed by atoms with Crippen molar-refractivity contribution in [1.29, 1.82) is 0 Å². The second-order valence-corrected chi connectivity index (χ2v) is 4.69. The Labute approximate surface area is 123 Å². The number of hydrogen-bond acceptors (Lipinski definition) is 7. The van der Waals surface area contributed by atoms with Gasteiger partial charge in [0.25, 0.3) is 6.01 Å². The van der Waals surface area contributed by atoms with E-state index in [-0.39, 0.29) is 24.3 Å². The van der Waals surface area contributed by atoms with Crippen molar-refractivity contribution in [2.45, 2.75) is 39.2 Å². The number of carbonyl (C=O) groups excluding carboxylic acids is 2. The highest BCUT2D eigenvalue weighted by molar-refractivity contribution is 5.87. The van der Waals surface area contributed by atoms with Gasteiger partial charge in [0.2, 0.25) is 0 Å². The van der Waals surface area contributed by atoms with E-state index in [0.29, 0.717) is 19.6 Å². The SMILES string of the molecule is CCOC(=O)c1coc(N2CCCCC2C(=O)OCC)n1. The first kappa shape index (κ1) is 15.3. The van der Waals surface area contributed by atoms with Crippen molar-refractivity contribution in [2.75, 3.05) is 24.7 Å². The van der Waals surface area contributed by atoms with Crippen LogP contribution in [0.1, 0.15) is 43.6 Å². The Kier molecular flexibility index (Phi) is 5.19. The number of rotatable bonds is 5. The van der Waals surface area contributed by atoms with Gasteiger partial charge in [-0.2, -0.15) is 4.98 Å². The zero-order valence-corrected chi connectivity index (χ0v) is 12.3. The van der Waals surface area contributed by atoms with Gasteiger partial charge in [-0.25, -0.2) is 9.59 Å². The molecule has 1 aromatic rings. The van der Waals surface area contributed by atoms with Gasteiger partial charge in [-0.1, -0.05) is 0 Å². The number of carbonyl (C=O) groups is 2. The maximum atomic E-state index is 12.0. The average molecular weight is 296 g/mol. The van der Waals surface area contributed by atoms with Crippen molar-refractivity contribution >= 4 is 18.0 Å². The summed E-state index contributed by atoms with van der Waals surface area (Å²) in [5, 5.41) is 0. The predicted molar refractivity (Wildman–Crippen MR) is 74.1 cm³/mol. The van der Waals surface area contributed by atoms with E-state index in [1.807, 2.05) is 0 Å². The van der Waals surface area contributed by atoms with Crippen LogP contribution in [0.4, 0.5) is 6.01 Å². The van der Waals surface area contributed by atoms with E-state index < -0.39 is 12.0 Å². The molecular weight excluding hydrogens is 276 g/mol. The number of aromatic nitrogens is 1. The highest BCUT2D eigenvalue weighted by atomic mass is 16.5. The van der Waals surface area contributed by atoms with Gasteiger partial charge in [-0.15, -0.1) is 0 Å². The summed E-state index contributed by atoms with van der Waals surface area (Å²) in [5.74, 6) is -0.815. The van der Waals surface area contributed by atoms with Crippen molar-refractivity contribution in [2.24, 2.45) is 0 Å². The number of oxazole rings is 1. The van der Waals surface area contributed by atoms with Crippen LogP contribution in [0.3, 0.4) is 0 Å². The first-order valence-corrected chi connectivity index (χ1v) is 7.23. The summed E-state index contributed by atoms with van der Waals surface area (Å²) in [6.07, 6.45) is 3.83. The molecule has 0 N–H and O–H groups in total. The van der Waals surface area contributed by atoms with Crippen LogP contribution in [0.15, 0.2) is 10.7 Å². The molecule has 1 aliphatic heterocycles. The van der Waals surface area contributed by atoms with Crippen LogP contribution in [0.25, 0.3) is 0 Å². The van der Waals surface area contributed by atoms with Crippen molar-refractivity contribution in [3.05, 3.63) is 12.0 Å². The van der Waals surface area contributed by atoms with Gasteiger partial charge in [0.05, 0.1) is 13.2 Å². The van der Waals surface area contributed by atoms with Gasteiger partial charge in [-0.3, -0.25) is 0 Å². The summed E-state index contributed by atoms with van der Waals surface area (Å²) in [7, 11) is 0. The average Bonchev–Trinajstić information content (AvgIpc) is 2.97. The third kappa shape index (κ3) is 3.53. The summed E-state index contributed by atoms with van der Waals surface area (Å²) in [5.41, 5.74) is 0.111. The summed E-state index contributed by atoms with van der Waals surface area (Å²) in [6.45, 7) is 4.75. The lowest BCUT2D eigenvalue weighted by molar-refractivity contribution is -0.145. The molecule has 21 heavy (non-hydrogen) atoms. The van der Waals surface area contributed by atoms with Gasteiger partial charge in [0, 0.05) is 6.54 Å². The van der Waals surface area contributed by atoms with Crippen LogP contribution < -0.4 is 4.90 Å². The first-order valence-electron chi connectivity index (χ1n) is 7.23. The second kappa shape index (κ2) is 7.10. The summed E-state index contributed by atoms with van der Waals surface area (Å²) in [4.78, 5) is 29.5. The Hall–Kier alpha value is -2.05. The lowest BCUT2D eigenvalue weighted by Gasteiger charge is -2.32. The number of piperidine rings is 1. The molecule has 1 aliphatic rings. The Balaban J connectivity index is 2.14. The van der Waals surface area contributed by atoms with Crippen LogP contribution in [0.2, 0.25) is 0 Å². The molecule has 2 rings (SSSR count). The molecule has 7 heteroatoms. The molecule has 0 aromatic carbocycles. The van der Waals surface area contributed by atoms with Crippen LogP contribution in [-0.2, 0) is 14.3 Å². The number of esters is 2. The minimum atomic E-state index is -0.530. The van der Waals surface area contributed by atoms with Gasteiger partial charge in [0.15, 0.2) is 5.69 Å². The van der Waals surface area contributed by atoms with E-state index in [1.165, 1.54) is 6.26 Å². The van der Waals surface area contributed by atoms with Crippen molar-refractivity contribution in [1.82, 2.24) is 4.98 Å². The molecule has 0 radical (unpaired) electrons. The lowest BCUT2D eigenvalue weighted by Crippen LogP contribution is -2.45. The zero-order valence-electron chi connectivity index (χ0n) is 12.3. The Morgan fingerprint density at radius 2 is 2.10 bits per heavy atom. The second-order valence-electron chi connectivity index (χ2n) is 4.69. The Bertz CT molecular complexity index is 499. The first-order chi connectivity index (χ1) is 10.2. The lowest BCUT2D eigenvalue weighted by atomic mass is 10.0. The molecule has 0 spiro atoms. The van der Waals surface area contributed by atoms with Gasteiger partial charge >= 0.3 is 11.9 Å². The molecule has 1 saturated heterocycles. The van der Waals surface area contributed by atoms with E-state index in [9.17, 15) is 9.59 Å². The molecule has 0 saturated carbocycles. The number of anilines is 1. The molecular formula is C14H20N2O5. The fourth-order valence-electron chi connectivity index (χ4n) is 2.34. The number of nitrogens with zero attached hydrogens (tertiary/aromatic N) is 2. The van der Waals surface area contributed by atoms with E-state index in [2.05, 4.69) is 4.98 Å². The maximum Gasteiger partial charge on any atom is 0.360 e. The maximum absolute atomic E-state index is 12.0. The number of hydrogen-bond donors (Lipinski definition) is 0. The molecule has 1 unspecified atom stereocenters. The Morgan fingerprint density at radius 3 is 2.81 bits per heavy atom.